The summed E-state index contributed by atoms with van der Waals surface area (Å²) < 4.78 is 0. The molecule has 2 unspecified atom stereocenters. The van der Waals surface area contributed by atoms with Crippen LogP contribution in [0.3, 0.4) is 0 Å². The highest BCUT2D eigenvalue weighted by Gasteiger charge is 2.43. The summed E-state index contributed by atoms with van der Waals surface area (Å²) in [6.45, 7) is -4.55. The van der Waals surface area contributed by atoms with Gasteiger partial charge in [-0.25, -0.2) is 0 Å². The molecule has 0 aliphatic heterocycles. The fourth-order valence-corrected chi connectivity index (χ4v) is 14.2. The first-order chi connectivity index (χ1) is 58.2. The predicted molar refractivity (Wildman–Crippen MR) is 430 cm³/mol. The van der Waals surface area contributed by atoms with Gasteiger partial charge in [0, 0.05) is 140 Å². The topological polar surface area (TPSA) is 702 Å². The maximum absolute atomic E-state index is 14.5. The zero-order valence-corrected chi connectivity index (χ0v) is 66.8. The minimum Gasteiger partial charge on any atom is -0.394 e. The van der Waals surface area contributed by atoms with Gasteiger partial charge < -0.3 is 165 Å². The molecular weight excluding hydrogens is 1610 g/mol. The van der Waals surface area contributed by atoms with Crippen LogP contribution in [-0.4, -0.2) is 400 Å². The Morgan fingerprint density at radius 3 is 0.877 bits per heavy atom. The van der Waals surface area contributed by atoms with Gasteiger partial charge in [0.25, 0.3) is 35.4 Å². The van der Waals surface area contributed by atoms with E-state index in [9.17, 15) is 130 Å². The van der Waals surface area contributed by atoms with Crippen LogP contribution in [0.5, 0.6) is 0 Å². The zero-order valence-electron chi connectivity index (χ0n) is 66.8. The van der Waals surface area contributed by atoms with Crippen LogP contribution in [0.1, 0.15) is 104 Å². The molecule has 122 heavy (non-hydrogen) atoms. The molecular formula is C80H114N12O30. The maximum atomic E-state index is 14.5. The number of aliphatic hydroxyl groups excluding tert-OH is 20. The standard InChI is InChI=1S/C80H114N12O30/c93-37-51(97)63(105)67(109)71(113)77(119)87-25-21-81-55(101)15-31-91(32-16-56(102)82-22-26-88-78(120)72(114)68(110)64(106)52(98)38-94)29-5-19-85-75(117)41-11-13-47-49(35-41)61-45-9-3-1-7-43(45)59(47)60-44-8-2-4-10-46(44)62(61)50-36-42(12-14-48(50)60)76(118)86-20-6-30-92(33-17-57(103)83-23-27-89-79(121)73(115)69(111)65(107)53(99)39-95)34-18-58(104)84-24-28-90-80(122)74(116)70(112)66(108)54(100)40-96/h1-4,7-14,35-36,51-54,59,61,63-74,93-100,105-116H,5-6,15-34,37-40H2,(H,81,101)(H,82,102)(H,83,103)(H,84,104)(H,85,117)(H,86,118)(H,87,119)(H,88,120)(H,89,121)(H,90,122)/t51-,52-,53-,54-,59?,61?,63-,64-,65-,66-,67+,68+,69+,70+,71-,72-,73-,74-/m1/s1. The lowest BCUT2D eigenvalue weighted by atomic mass is 9.62. The molecule has 42 heteroatoms. The van der Waals surface area contributed by atoms with E-state index in [0.29, 0.717) is 24.0 Å². The van der Waals surface area contributed by atoms with Gasteiger partial charge in [-0.05, 0) is 105 Å². The summed E-state index contributed by atoms with van der Waals surface area (Å²) in [5.74, 6) is -8.28. The largest absolute Gasteiger partial charge is 0.394 e. The summed E-state index contributed by atoms with van der Waals surface area (Å²) in [4.78, 5) is 135. The number of rotatable bonds is 54. The second-order valence-electron chi connectivity index (χ2n) is 29.6. The first-order valence-corrected chi connectivity index (χ1v) is 39.9. The number of benzene rings is 5. The van der Waals surface area contributed by atoms with Crippen molar-refractivity contribution in [2.24, 2.45) is 0 Å². The van der Waals surface area contributed by atoms with Crippen LogP contribution in [0.2, 0.25) is 0 Å². The van der Waals surface area contributed by atoms with E-state index in [2.05, 4.69) is 71.4 Å². The minimum atomic E-state index is -2.21. The van der Waals surface area contributed by atoms with Crippen LogP contribution in [0.25, 0.3) is 21.5 Å². The molecule has 5 aliphatic carbocycles. The van der Waals surface area contributed by atoms with E-state index >= 15 is 0 Å². The third-order valence-corrected chi connectivity index (χ3v) is 21.1. The molecule has 18 atom stereocenters. The lowest BCUT2D eigenvalue weighted by Gasteiger charge is -2.40. The molecule has 0 saturated carbocycles. The smallest absolute Gasteiger partial charge is 0.251 e. The van der Waals surface area contributed by atoms with Gasteiger partial charge in [-0.2, -0.15) is 0 Å². The van der Waals surface area contributed by atoms with Crippen molar-refractivity contribution in [2.75, 3.05) is 131 Å². The fourth-order valence-electron chi connectivity index (χ4n) is 14.2. The average molecular weight is 1720 g/mol. The Balaban J connectivity index is 1.02. The number of hydrogen-bond acceptors (Lipinski definition) is 32. The lowest BCUT2D eigenvalue weighted by Crippen LogP contribution is -2.52. The summed E-state index contributed by atoms with van der Waals surface area (Å²) in [6, 6.07) is 27.2. The van der Waals surface area contributed by atoms with Gasteiger partial charge in [-0.1, -0.05) is 60.7 Å². The number of amides is 10. The zero-order chi connectivity index (χ0) is 89.6. The molecule has 0 spiro atoms. The average Bonchev–Trinajstić information content (AvgIpc) is 0.686. The highest BCUT2D eigenvalue weighted by atomic mass is 16.4. The molecule has 0 radical (unpaired) electrons. The number of carbonyl (C=O) groups excluding carboxylic acids is 10. The Morgan fingerprint density at radius 2 is 0.549 bits per heavy atom. The molecule has 0 saturated heterocycles. The van der Waals surface area contributed by atoms with Crippen molar-refractivity contribution in [1.82, 2.24) is 63.0 Å². The van der Waals surface area contributed by atoms with Crippen LogP contribution >= 0.6 is 0 Å². The lowest BCUT2D eigenvalue weighted by molar-refractivity contribution is -0.149. The van der Waals surface area contributed by atoms with Crippen molar-refractivity contribution in [3.63, 3.8) is 0 Å². The Bertz CT molecular complexity index is 4200. The molecule has 0 aromatic heterocycles. The maximum Gasteiger partial charge on any atom is 0.251 e. The first-order valence-electron chi connectivity index (χ1n) is 39.9. The molecule has 10 rings (SSSR count). The summed E-state index contributed by atoms with van der Waals surface area (Å²) in [5, 5.41) is 224. The van der Waals surface area contributed by atoms with Gasteiger partial charge in [0.15, 0.2) is 24.4 Å². The highest BCUT2D eigenvalue weighted by molar-refractivity contribution is 6.11. The normalized spacial score (nSPS) is 17.3. The van der Waals surface area contributed by atoms with Gasteiger partial charge >= 0.3 is 0 Å². The van der Waals surface area contributed by atoms with Crippen molar-refractivity contribution >= 4 is 80.6 Å². The molecule has 42 nitrogen and oxygen atoms in total. The third-order valence-electron chi connectivity index (χ3n) is 21.1. The molecule has 10 amide bonds. The number of nitrogens with zero attached hydrogens (tertiary/aromatic N) is 2. The van der Waals surface area contributed by atoms with Gasteiger partial charge in [0.1, 0.15) is 73.2 Å². The van der Waals surface area contributed by atoms with E-state index in [4.69, 9.17) is 20.4 Å². The molecule has 5 aromatic carbocycles. The van der Waals surface area contributed by atoms with Crippen molar-refractivity contribution in [1.29, 1.82) is 0 Å². The van der Waals surface area contributed by atoms with Gasteiger partial charge in [0.05, 0.1) is 26.4 Å². The number of aliphatic hydroxyl groups is 20. The Labute approximate surface area is 699 Å². The molecule has 5 aliphatic rings. The van der Waals surface area contributed by atoms with E-state index in [1.54, 1.807) is 21.9 Å². The van der Waals surface area contributed by atoms with Crippen molar-refractivity contribution in [2.45, 2.75) is 148 Å². The number of hydrogen-bond donors (Lipinski definition) is 30. The van der Waals surface area contributed by atoms with Crippen molar-refractivity contribution in [3.8, 4) is 0 Å². The van der Waals surface area contributed by atoms with E-state index in [-0.39, 0.29) is 136 Å². The predicted octanol–water partition coefficient (Wildman–Crippen LogP) is -11.9. The second kappa shape index (κ2) is 49.1. The molecule has 0 heterocycles. The SMILES string of the molecule is O=C(CCN(CCCNC(=O)c1ccc2c(c1)C1c3ccccc3C2c2c3ccccc3c1c1cc(C(=O)NCCCN(CCC(=O)NCCNC(=O)[C@H](O)[C@@H](O)[C@H](O)[C@H](O)CO)CCC(=O)NCCNC(=O)[C@H](O)[C@@H](O)[C@H](O)[C@H](O)CO)ccc21)CCC(=O)NCCNC(=O)[C@H](O)[C@@H](O)[C@H](O)[C@H](O)CO)NCCNC(=O)[C@H](O)[C@@H](O)[C@H](O)[C@H](O)CO. The molecule has 5 aromatic rings. The van der Waals surface area contributed by atoms with Crippen LogP contribution in [0.15, 0.2) is 84.9 Å². The number of nitrogens with one attached hydrogen (secondary N) is 10. The Hall–Kier alpha value is -9.56. The van der Waals surface area contributed by atoms with Gasteiger partial charge in [-0.3, -0.25) is 47.9 Å². The van der Waals surface area contributed by atoms with Crippen molar-refractivity contribution < 1.29 is 150 Å². The monoisotopic (exact) mass is 1720 g/mol. The molecule has 4 bridgehead atoms. The Kier molecular flexibility index (Phi) is 40.0. The molecule has 30 N–H and O–H groups in total. The highest BCUT2D eigenvalue weighted by Crippen LogP contribution is 2.57. The van der Waals surface area contributed by atoms with E-state index in [1.165, 1.54) is 0 Å². The van der Waals surface area contributed by atoms with Crippen molar-refractivity contribution in [3.05, 3.63) is 129 Å². The summed E-state index contributed by atoms with van der Waals surface area (Å²) >= 11 is 0. The van der Waals surface area contributed by atoms with Gasteiger partial charge in [0.2, 0.25) is 23.6 Å². The van der Waals surface area contributed by atoms with Crippen LogP contribution < -0.4 is 53.2 Å². The summed E-state index contributed by atoms with van der Waals surface area (Å²) in [6.07, 6.45) is -33.1. The summed E-state index contributed by atoms with van der Waals surface area (Å²) in [5.41, 5.74) is 6.36. The third kappa shape index (κ3) is 27.2. The van der Waals surface area contributed by atoms with E-state index in [0.717, 1.165) is 54.9 Å². The first kappa shape index (κ1) is 99.5. The Morgan fingerprint density at radius 1 is 0.279 bits per heavy atom. The minimum absolute atomic E-state index is 0.0678. The molecule has 674 valence electrons. The van der Waals surface area contributed by atoms with E-state index in [1.807, 2.05) is 54.6 Å². The fraction of sp³-hybridized carbons (Fsp3) is 0.550. The quantitative estimate of drug-likeness (QED) is 0.0124. The van der Waals surface area contributed by atoms with E-state index < -0.39 is 189 Å². The van der Waals surface area contributed by atoms with Gasteiger partial charge in [-0.15, -0.1) is 0 Å². The summed E-state index contributed by atoms with van der Waals surface area (Å²) in [7, 11) is 0. The van der Waals surface area contributed by atoms with Crippen LogP contribution in [-0.2, 0) is 38.4 Å². The second-order valence-corrected chi connectivity index (χ2v) is 29.6. The molecule has 0 fully saturated rings. The van der Waals surface area contributed by atoms with Crippen LogP contribution in [0.4, 0.5) is 0 Å². The van der Waals surface area contributed by atoms with Crippen LogP contribution in [0, 0.1) is 0 Å². The number of carbonyl (C=O) groups is 10.